The summed E-state index contributed by atoms with van der Waals surface area (Å²) >= 11 is 0. The number of benzene rings is 1. The van der Waals surface area contributed by atoms with Crippen molar-refractivity contribution in [1.29, 1.82) is 0 Å². The zero-order valence-electron chi connectivity index (χ0n) is 10.1. The van der Waals surface area contributed by atoms with E-state index >= 15 is 0 Å². The van der Waals surface area contributed by atoms with Gasteiger partial charge in [0.2, 0.25) is 0 Å². The molecule has 1 N–H and O–H groups in total. The Balaban J connectivity index is 2.23. The van der Waals surface area contributed by atoms with E-state index in [0.29, 0.717) is 13.2 Å². The Morgan fingerprint density at radius 1 is 1.25 bits per heavy atom. The van der Waals surface area contributed by atoms with Gasteiger partial charge in [-0.05, 0) is 19.7 Å². The van der Waals surface area contributed by atoms with Crippen molar-refractivity contribution in [2.75, 3.05) is 33.9 Å². The Kier molecular flexibility index (Phi) is 6.08. The average Bonchev–Trinajstić information content (AvgIpc) is 2.28. The van der Waals surface area contributed by atoms with Crippen LogP contribution >= 0.6 is 0 Å². The molecule has 3 nitrogen and oxygen atoms in total. The molecule has 0 aliphatic rings. The second-order valence-corrected chi connectivity index (χ2v) is 4.31. The number of hydrogen-bond donors (Lipinski definition) is 1. The van der Waals surface area contributed by atoms with Crippen molar-refractivity contribution in [3.05, 3.63) is 35.9 Å². The lowest BCUT2D eigenvalue weighted by Crippen LogP contribution is -2.27. The molecule has 1 atom stereocenters. The second-order valence-electron chi connectivity index (χ2n) is 4.31. The summed E-state index contributed by atoms with van der Waals surface area (Å²) in [6.45, 7) is 2.24. The van der Waals surface area contributed by atoms with Crippen LogP contribution in [0.1, 0.15) is 5.56 Å². The third-order valence-corrected chi connectivity index (χ3v) is 2.35. The van der Waals surface area contributed by atoms with E-state index in [1.54, 1.807) is 0 Å². The number of hydrogen-bond acceptors (Lipinski definition) is 3. The topological polar surface area (TPSA) is 32.7 Å². The van der Waals surface area contributed by atoms with Gasteiger partial charge in [0.05, 0.1) is 13.2 Å². The second kappa shape index (κ2) is 7.39. The van der Waals surface area contributed by atoms with Gasteiger partial charge in [-0.25, -0.2) is 0 Å². The van der Waals surface area contributed by atoms with Crippen LogP contribution in [0.4, 0.5) is 0 Å². The monoisotopic (exact) mass is 223 g/mol. The van der Waals surface area contributed by atoms with Crippen molar-refractivity contribution in [2.24, 2.45) is 5.92 Å². The lowest BCUT2D eigenvalue weighted by Gasteiger charge is -2.18. The highest BCUT2D eigenvalue weighted by Gasteiger charge is 2.08. The molecule has 16 heavy (non-hydrogen) atoms. The molecule has 1 aromatic rings. The molecule has 0 saturated carbocycles. The van der Waals surface area contributed by atoms with Crippen LogP contribution in [0.15, 0.2) is 30.3 Å². The van der Waals surface area contributed by atoms with Gasteiger partial charge < -0.3 is 14.7 Å². The van der Waals surface area contributed by atoms with Gasteiger partial charge in [-0.1, -0.05) is 30.3 Å². The van der Waals surface area contributed by atoms with E-state index < -0.39 is 0 Å². The van der Waals surface area contributed by atoms with Gasteiger partial charge in [0.15, 0.2) is 0 Å². The molecule has 1 rings (SSSR count). The van der Waals surface area contributed by atoms with Crippen LogP contribution in [-0.4, -0.2) is 43.9 Å². The van der Waals surface area contributed by atoms with Crippen LogP contribution < -0.4 is 0 Å². The lowest BCUT2D eigenvalue weighted by molar-refractivity contribution is 0.0524. The van der Waals surface area contributed by atoms with E-state index in [0.717, 1.165) is 6.54 Å². The van der Waals surface area contributed by atoms with Gasteiger partial charge in [-0.2, -0.15) is 0 Å². The fourth-order valence-electron chi connectivity index (χ4n) is 1.60. The van der Waals surface area contributed by atoms with E-state index in [1.165, 1.54) is 5.56 Å². The summed E-state index contributed by atoms with van der Waals surface area (Å²) in [5.41, 5.74) is 1.17. The van der Waals surface area contributed by atoms with Gasteiger partial charge in [0.25, 0.3) is 0 Å². The third-order valence-electron chi connectivity index (χ3n) is 2.35. The highest BCUT2D eigenvalue weighted by molar-refractivity contribution is 5.13. The summed E-state index contributed by atoms with van der Waals surface area (Å²) in [7, 11) is 4.00. The summed E-state index contributed by atoms with van der Waals surface area (Å²) < 4.78 is 5.59. The van der Waals surface area contributed by atoms with E-state index in [-0.39, 0.29) is 12.5 Å². The maximum Gasteiger partial charge on any atom is 0.0717 e. The maximum absolute atomic E-state index is 9.17. The zero-order chi connectivity index (χ0) is 11.8. The van der Waals surface area contributed by atoms with Crippen LogP contribution in [-0.2, 0) is 11.3 Å². The highest BCUT2D eigenvalue weighted by Crippen LogP contribution is 2.04. The molecular weight excluding hydrogens is 202 g/mol. The maximum atomic E-state index is 9.17. The first-order valence-electron chi connectivity index (χ1n) is 5.59. The van der Waals surface area contributed by atoms with Crippen molar-refractivity contribution in [3.8, 4) is 0 Å². The van der Waals surface area contributed by atoms with E-state index in [9.17, 15) is 0 Å². The van der Waals surface area contributed by atoms with E-state index in [1.807, 2.05) is 44.4 Å². The summed E-state index contributed by atoms with van der Waals surface area (Å²) in [6, 6.07) is 10.1. The van der Waals surface area contributed by atoms with Crippen molar-refractivity contribution in [2.45, 2.75) is 6.61 Å². The number of nitrogens with zero attached hydrogens (tertiary/aromatic N) is 1. The molecule has 0 heterocycles. The molecule has 0 aliphatic carbocycles. The predicted molar refractivity (Wildman–Crippen MR) is 65.2 cm³/mol. The fourth-order valence-corrected chi connectivity index (χ4v) is 1.60. The van der Waals surface area contributed by atoms with E-state index in [4.69, 9.17) is 9.84 Å². The highest BCUT2D eigenvalue weighted by atomic mass is 16.5. The van der Waals surface area contributed by atoms with E-state index in [2.05, 4.69) is 4.90 Å². The minimum Gasteiger partial charge on any atom is -0.396 e. The molecule has 0 saturated heterocycles. The Hall–Kier alpha value is -0.900. The van der Waals surface area contributed by atoms with Gasteiger partial charge in [-0.15, -0.1) is 0 Å². The molecule has 1 unspecified atom stereocenters. The molecule has 3 heteroatoms. The van der Waals surface area contributed by atoms with Crippen molar-refractivity contribution < 1.29 is 9.84 Å². The number of ether oxygens (including phenoxy) is 1. The average molecular weight is 223 g/mol. The van der Waals surface area contributed by atoms with Gasteiger partial charge in [0, 0.05) is 19.1 Å². The zero-order valence-corrected chi connectivity index (χ0v) is 10.1. The largest absolute Gasteiger partial charge is 0.396 e. The fraction of sp³-hybridized carbons (Fsp3) is 0.538. The standard InChI is InChI=1S/C13H21NO2/c1-14(2)8-13(9-15)11-16-10-12-6-4-3-5-7-12/h3-7,13,15H,8-11H2,1-2H3. The smallest absolute Gasteiger partial charge is 0.0717 e. The van der Waals surface area contributed by atoms with Gasteiger partial charge >= 0.3 is 0 Å². The van der Waals surface area contributed by atoms with Crippen LogP contribution in [0.5, 0.6) is 0 Å². The first kappa shape index (κ1) is 13.2. The van der Waals surface area contributed by atoms with Crippen LogP contribution in [0, 0.1) is 5.92 Å². The number of aliphatic hydroxyl groups excluding tert-OH is 1. The SMILES string of the molecule is CN(C)CC(CO)COCc1ccccc1. The molecule has 0 amide bonds. The molecular formula is C13H21NO2. The lowest BCUT2D eigenvalue weighted by atomic mass is 10.1. The summed E-state index contributed by atoms with van der Waals surface area (Å²) in [5, 5.41) is 9.17. The van der Waals surface area contributed by atoms with Crippen LogP contribution in [0.2, 0.25) is 0 Å². The quantitative estimate of drug-likeness (QED) is 0.758. The molecule has 0 spiro atoms. The first-order valence-corrected chi connectivity index (χ1v) is 5.59. The first-order chi connectivity index (χ1) is 7.72. The molecule has 1 aromatic carbocycles. The van der Waals surface area contributed by atoms with Gasteiger partial charge in [0.1, 0.15) is 0 Å². The summed E-state index contributed by atoms with van der Waals surface area (Å²) in [4.78, 5) is 2.06. The Labute approximate surface area is 97.7 Å². The molecule has 0 fully saturated rings. The molecule has 0 aliphatic heterocycles. The Morgan fingerprint density at radius 2 is 1.94 bits per heavy atom. The third kappa shape index (κ3) is 5.26. The predicted octanol–water partition coefficient (Wildman–Crippen LogP) is 1.37. The van der Waals surface area contributed by atoms with Crippen molar-refractivity contribution in [1.82, 2.24) is 4.90 Å². The molecule has 90 valence electrons. The Morgan fingerprint density at radius 3 is 2.50 bits per heavy atom. The van der Waals surface area contributed by atoms with Crippen molar-refractivity contribution in [3.63, 3.8) is 0 Å². The normalized spacial score (nSPS) is 13.0. The summed E-state index contributed by atoms with van der Waals surface area (Å²) in [5.74, 6) is 0.193. The number of aliphatic hydroxyl groups is 1. The van der Waals surface area contributed by atoms with Crippen LogP contribution in [0.25, 0.3) is 0 Å². The summed E-state index contributed by atoms with van der Waals surface area (Å²) in [6.07, 6.45) is 0. The minimum absolute atomic E-state index is 0.174. The van der Waals surface area contributed by atoms with Crippen LogP contribution in [0.3, 0.4) is 0 Å². The molecule has 0 radical (unpaired) electrons. The number of rotatable bonds is 7. The molecule has 0 bridgehead atoms. The Bertz CT molecular complexity index is 275. The van der Waals surface area contributed by atoms with Crippen molar-refractivity contribution >= 4 is 0 Å². The van der Waals surface area contributed by atoms with Gasteiger partial charge in [-0.3, -0.25) is 0 Å². The molecule has 0 aromatic heterocycles. The minimum atomic E-state index is 0.174.